The van der Waals surface area contributed by atoms with Crippen LogP contribution in [0.2, 0.25) is 0 Å². The van der Waals surface area contributed by atoms with Gasteiger partial charge >= 0.3 is 6.16 Å². The van der Waals surface area contributed by atoms with Crippen LogP contribution in [0.5, 0.6) is 0 Å². The van der Waals surface area contributed by atoms with Crippen LogP contribution in [0.15, 0.2) is 0 Å². The predicted octanol–water partition coefficient (Wildman–Crippen LogP) is 1.48. The van der Waals surface area contributed by atoms with Crippen LogP contribution < -0.4 is 0 Å². The molecule has 0 heterocycles. The Morgan fingerprint density at radius 3 is 2.50 bits per heavy atom. The highest BCUT2D eigenvalue weighted by atomic mass is 35.7. The third kappa shape index (κ3) is 3.91. The van der Waals surface area contributed by atoms with Gasteiger partial charge in [0.2, 0.25) is 0 Å². The van der Waals surface area contributed by atoms with Crippen LogP contribution in [0.1, 0.15) is 0 Å². The second-order valence-corrected chi connectivity index (χ2v) is 1.08. The summed E-state index contributed by atoms with van der Waals surface area (Å²) >= 11 is 0.282. The topological polar surface area (TPSA) is 46.5 Å². The lowest BCUT2D eigenvalue weighted by Crippen LogP contribution is -1.87. The van der Waals surface area contributed by atoms with E-state index in [9.17, 15) is 4.79 Å². The van der Waals surface area contributed by atoms with Crippen molar-refractivity contribution in [2.75, 3.05) is 0 Å². The van der Waals surface area contributed by atoms with Gasteiger partial charge in [0, 0.05) is 10.7 Å². The van der Waals surface area contributed by atoms with Crippen molar-refractivity contribution >= 4 is 28.1 Å². The lowest BCUT2D eigenvalue weighted by molar-refractivity contribution is 0.153. The molecule has 0 aliphatic carbocycles. The quantitative estimate of drug-likeness (QED) is 0.544. The largest absolute Gasteiger partial charge is 0.519 e. The third-order valence-electron chi connectivity index (χ3n) is 0.103. The molecule has 6 heavy (non-hydrogen) atoms. The SMILES string of the molecule is O=C(O)OSCl. The summed E-state index contributed by atoms with van der Waals surface area (Å²) in [7, 11) is 4.71. The monoisotopic (exact) mass is 128 g/mol. The van der Waals surface area contributed by atoms with Crippen LogP contribution in [0, 0.1) is 0 Å². The van der Waals surface area contributed by atoms with E-state index < -0.39 is 6.16 Å². The zero-order chi connectivity index (χ0) is 4.99. The predicted molar refractivity (Wildman–Crippen MR) is 22.6 cm³/mol. The lowest BCUT2D eigenvalue weighted by Gasteiger charge is -1.81. The van der Waals surface area contributed by atoms with Crippen LogP contribution in [0.4, 0.5) is 4.79 Å². The highest BCUT2D eigenvalue weighted by Crippen LogP contribution is 2.05. The molecule has 0 rings (SSSR count). The molecule has 0 radical (unpaired) electrons. The van der Waals surface area contributed by atoms with E-state index in [0.29, 0.717) is 0 Å². The molecule has 0 aromatic heterocycles. The van der Waals surface area contributed by atoms with Gasteiger partial charge in [0.25, 0.3) is 0 Å². The van der Waals surface area contributed by atoms with Crippen molar-refractivity contribution in [3.63, 3.8) is 0 Å². The Morgan fingerprint density at radius 1 is 2.00 bits per heavy atom. The van der Waals surface area contributed by atoms with Crippen molar-refractivity contribution in [3.8, 4) is 0 Å². The number of rotatable bonds is 1. The fourth-order valence-corrected chi connectivity index (χ4v) is 0.243. The first-order valence-electron chi connectivity index (χ1n) is 0.953. The van der Waals surface area contributed by atoms with Crippen LogP contribution in [-0.4, -0.2) is 11.3 Å². The molecule has 3 nitrogen and oxygen atoms in total. The molecule has 0 aromatic carbocycles. The molecule has 0 unspecified atom stereocenters. The first kappa shape index (κ1) is 5.91. The number of hydrogen-bond donors (Lipinski definition) is 1. The molecule has 0 amide bonds. The lowest BCUT2D eigenvalue weighted by atomic mass is 11.5. The van der Waals surface area contributed by atoms with Crippen molar-refractivity contribution in [1.29, 1.82) is 0 Å². The average molecular weight is 129 g/mol. The number of carboxylic acid groups (broad SMARTS) is 1. The van der Waals surface area contributed by atoms with Gasteiger partial charge in [-0.15, -0.1) is 0 Å². The van der Waals surface area contributed by atoms with E-state index in [4.69, 9.17) is 15.8 Å². The average Bonchev–Trinajstić information content (AvgIpc) is 1.35. The molecule has 0 aliphatic rings. The molecule has 0 saturated heterocycles. The summed E-state index contributed by atoms with van der Waals surface area (Å²) in [5.74, 6) is 0. The Hall–Kier alpha value is -0.0900. The summed E-state index contributed by atoms with van der Waals surface area (Å²) in [6.07, 6.45) is -1.38. The first-order chi connectivity index (χ1) is 2.77. The highest BCUT2D eigenvalue weighted by molar-refractivity contribution is 8.17. The van der Waals surface area contributed by atoms with Gasteiger partial charge in [-0.3, -0.25) is 0 Å². The van der Waals surface area contributed by atoms with Gasteiger partial charge in [0.05, 0.1) is 0 Å². The summed E-state index contributed by atoms with van der Waals surface area (Å²) in [6, 6.07) is 0. The summed E-state index contributed by atoms with van der Waals surface area (Å²) in [6.45, 7) is 0. The van der Waals surface area contributed by atoms with Gasteiger partial charge in [0.1, 0.15) is 0 Å². The van der Waals surface area contributed by atoms with Crippen LogP contribution >= 0.6 is 21.9 Å². The minimum Gasteiger partial charge on any atom is -0.449 e. The van der Waals surface area contributed by atoms with Crippen molar-refractivity contribution in [2.24, 2.45) is 0 Å². The maximum atomic E-state index is 9.27. The smallest absolute Gasteiger partial charge is 0.449 e. The van der Waals surface area contributed by atoms with Gasteiger partial charge < -0.3 is 9.29 Å². The van der Waals surface area contributed by atoms with Gasteiger partial charge in [-0.25, -0.2) is 4.79 Å². The number of halogens is 1. The minimum absolute atomic E-state index is 0.282. The second-order valence-electron chi connectivity index (χ2n) is 0.412. The third-order valence-corrected chi connectivity index (χ3v) is 0.497. The van der Waals surface area contributed by atoms with E-state index in [-0.39, 0.29) is 11.3 Å². The zero-order valence-electron chi connectivity index (χ0n) is 2.55. The maximum Gasteiger partial charge on any atom is 0.519 e. The Morgan fingerprint density at radius 2 is 2.50 bits per heavy atom. The Kier molecular flexibility index (Phi) is 3.07. The summed E-state index contributed by atoms with van der Waals surface area (Å²) in [5.41, 5.74) is 0. The molecule has 5 heteroatoms. The molecule has 0 fully saturated rings. The summed E-state index contributed by atoms with van der Waals surface area (Å²) in [5, 5.41) is 7.59. The van der Waals surface area contributed by atoms with E-state index in [1.165, 1.54) is 0 Å². The Labute approximate surface area is 42.9 Å². The van der Waals surface area contributed by atoms with Crippen molar-refractivity contribution in [1.82, 2.24) is 0 Å². The molecule has 36 valence electrons. The fourth-order valence-electron chi connectivity index (χ4n) is 0.0269. The molecular formula is CHClO3S. The minimum atomic E-state index is -1.38. The molecule has 0 aromatic rings. The normalized spacial score (nSPS) is 7.50. The molecule has 0 bridgehead atoms. The standard InChI is InChI=1S/CHClO3S/c2-6-5-1(3)4/h(H,3,4). The van der Waals surface area contributed by atoms with Crippen molar-refractivity contribution in [2.45, 2.75) is 0 Å². The number of hydrogen-bond acceptors (Lipinski definition) is 3. The van der Waals surface area contributed by atoms with Crippen LogP contribution in [-0.2, 0) is 4.18 Å². The zero-order valence-corrected chi connectivity index (χ0v) is 4.12. The van der Waals surface area contributed by atoms with E-state index in [2.05, 4.69) is 4.18 Å². The highest BCUT2D eigenvalue weighted by Gasteiger charge is 1.90. The van der Waals surface area contributed by atoms with Gasteiger partial charge in [-0.05, 0) is 0 Å². The van der Waals surface area contributed by atoms with Gasteiger partial charge in [0.15, 0.2) is 11.3 Å². The number of carbonyl (C=O) groups is 1. The first-order valence-corrected chi connectivity index (χ1v) is 2.52. The van der Waals surface area contributed by atoms with E-state index in [1.54, 1.807) is 0 Å². The molecule has 0 atom stereocenters. The molecule has 0 aliphatic heterocycles. The molecular weight excluding hydrogens is 128 g/mol. The molecule has 0 saturated carbocycles. The van der Waals surface area contributed by atoms with Crippen molar-refractivity contribution < 1.29 is 14.1 Å². The van der Waals surface area contributed by atoms with Crippen LogP contribution in [0.3, 0.4) is 0 Å². The fraction of sp³-hybridized carbons (Fsp3) is 0. The molecule has 1 N–H and O–H groups in total. The Bertz CT molecular complexity index is 54.8. The van der Waals surface area contributed by atoms with Crippen molar-refractivity contribution in [3.05, 3.63) is 0 Å². The maximum absolute atomic E-state index is 9.27. The second kappa shape index (κ2) is 3.11. The Balaban J connectivity index is 2.83. The van der Waals surface area contributed by atoms with Crippen LogP contribution in [0.25, 0.3) is 0 Å². The molecule has 0 spiro atoms. The van der Waals surface area contributed by atoms with Gasteiger partial charge in [-0.2, -0.15) is 0 Å². The summed E-state index contributed by atoms with van der Waals surface area (Å²) in [4.78, 5) is 9.27. The summed E-state index contributed by atoms with van der Waals surface area (Å²) < 4.78 is 3.64. The van der Waals surface area contributed by atoms with Gasteiger partial charge in [-0.1, -0.05) is 0 Å². The van der Waals surface area contributed by atoms with E-state index in [0.717, 1.165) is 0 Å². The van der Waals surface area contributed by atoms with E-state index >= 15 is 0 Å². The van der Waals surface area contributed by atoms with E-state index in [1.807, 2.05) is 0 Å².